The smallest absolute Gasteiger partial charge is 0.204 e. The molecule has 0 saturated heterocycles. The van der Waals surface area contributed by atoms with Crippen LogP contribution in [-0.4, -0.2) is 15.0 Å². The Kier molecular flexibility index (Phi) is 1.75. The molecule has 0 aliphatic carbocycles. The molecule has 0 fully saturated rings. The Morgan fingerprint density at radius 2 is 1.92 bits per heavy atom. The van der Waals surface area contributed by atoms with Crippen LogP contribution in [0.4, 0.5) is 0 Å². The fraction of sp³-hybridized carbons (Fsp3) is 0.111. The number of benzene rings is 1. The molecule has 2 rings (SSSR count). The highest BCUT2D eigenvalue weighted by molar-refractivity contribution is 7.95. The summed E-state index contributed by atoms with van der Waals surface area (Å²) in [6.45, 7) is 0.0665. The van der Waals surface area contributed by atoms with E-state index in [0.29, 0.717) is 9.80 Å². The van der Waals surface area contributed by atoms with Crippen LogP contribution in [-0.2, 0) is 9.84 Å². The number of sulfone groups is 1. The summed E-state index contributed by atoms with van der Waals surface area (Å²) in [7, 11) is -3.26. The van der Waals surface area contributed by atoms with Crippen LogP contribution in [0.2, 0.25) is 0 Å². The summed E-state index contributed by atoms with van der Waals surface area (Å²) in [6, 6.07) is 6.90. The van der Waals surface area contributed by atoms with Gasteiger partial charge in [0.1, 0.15) is 0 Å². The maximum Gasteiger partial charge on any atom is 0.204 e. The summed E-state index contributed by atoms with van der Waals surface area (Å²) < 4.78 is 23.3. The van der Waals surface area contributed by atoms with E-state index < -0.39 is 9.84 Å². The van der Waals surface area contributed by atoms with Crippen LogP contribution in [0.5, 0.6) is 0 Å². The Hall–Kier alpha value is -1.13. The first-order chi connectivity index (χ1) is 6.16. The van der Waals surface area contributed by atoms with Gasteiger partial charge in [0.2, 0.25) is 9.84 Å². The Morgan fingerprint density at radius 3 is 2.54 bits per heavy atom. The predicted molar refractivity (Wildman–Crippen MR) is 50.7 cm³/mol. The van der Waals surface area contributed by atoms with Gasteiger partial charge in [-0.15, -0.1) is 0 Å². The van der Waals surface area contributed by atoms with Crippen molar-refractivity contribution in [1.82, 2.24) is 0 Å². The highest BCUT2D eigenvalue weighted by atomic mass is 32.2. The molecule has 2 N–H and O–H groups in total. The summed E-state index contributed by atoms with van der Waals surface area (Å²) in [5.74, 6) is 0. The van der Waals surface area contributed by atoms with Crippen LogP contribution in [0.25, 0.3) is 6.08 Å². The minimum absolute atomic E-state index is 0.0665. The van der Waals surface area contributed by atoms with Gasteiger partial charge in [-0.1, -0.05) is 18.2 Å². The largest absolute Gasteiger partial charge is 0.326 e. The van der Waals surface area contributed by atoms with Crippen LogP contribution in [0.15, 0.2) is 34.1 Å². The fourth-order valence-corrected chi connectivity index (χ4v) is 2.88. The van der Waals surface area contributed by atoms with Crippen LogP contribution < -0.4 is 5.73 Å². The van der Waals surface area contributed by atoms with Gasteiger partial charge in [-0.3, -0.25) is 0 Å². The molecule has 1 aliphatic heterocycles. The van der Waals surface area contributed by atoms with E-state index in [1.165, 1.54) is 0 Å². The second-order valence-electron chi connectivity index (χ2n) is 2.86. The topological polar surface area (TPSA) is 60.2 Å². The molecular weight excluding hydrogens is 186 g/mol. The van der Waals surface area contributed by atoms with Gasteiger partial charge in [0.25, 0.3) is 0 Å². The summed E-state index contributed by atoms with van der Waals surface area (Å²) in [5, 5.41) is 0. The highest BCUT2D eigenvalue weighted by Gasteiger charge is 2.27. The molecule has 0 spiro atoms. The monoisotopic (exact) mass is 195 g/mol. The Morgan fingerprint density at radius 1 is 1.23 bits per heavy atom. The molecule has 13 heavy (non-hydrogen) atoms. The van der Waals surface area contributed by atoms with Gasteiger partial charge in [-0.25, -0.2) is 8.42 Å². The lowest BCUT2D eigenvalue weighted by atomic mass is 10.2. The molecule has 0 aromatic heterocycles. The van der Waals surface area contributed by atoms with Crippen molar-refractivity contribution in [2.45, 2.75) is 4.90 Å². The van der Waals surface area contributed by atoms with E-state index in [-0.39, 0.29) is 6.54 Å². The average Bonchev–Trinajstić information content (AvgIpc) is 2.39. The molecule has 1 aromatic rings. The summed E-state index contributed by atoms with van der Waals surface area (Å²) in [6.07, 6.45) is 1.63. The zero-order valence-electron chi connectivity index (χ0n) is 6.90. The molecule has 0 radical (unpaired) electrons. The van der Waals surface area contributed by atoms with Gasteiger partial charge in [-0.05, 0) is 17.7 Å². The van der Waals surface area contributed by atoms with E-state index in [4.69, 9.17) is 5.73 Å². The van der Waals surface area contributed by atoms with Crippen molar-refractivity contribution in [3.63, 3.8) is 0 Å². The molecule has 68 valence electrons. The standard InChI is InChI=1S/C9H9NO2S/c10-6-8-5-7-3-1-2-4-9(7)13(8,11)12/h1-5H,6,10H2. The summed E-state index contributed by atoms with van der Waals surface area (Å²) >= 11 is 0. The fourth-order valence-electron chi connectivity index (χ4n) is 1.41. The highest BCUT2D eigenvalue weighted by Crippen LogP contribution is 2.31. The van der Waals surface area contributed by atoms with Gasteiger partial charge in [0, 0.05) is 6.54 Å². The first-order valence-electron chi connectivity index (χ1n) is 3.91. The molecule has 0 amide bonds. The lowest BCUT2D eigenvalue weighted by molar-refractivity contribution is 0.602. The molecule has 0 atom stereocenters. The van der Waals surface area contributed by atoms with Crippen molar-refractivity contribution in [3.8, 4) is 0 Å². The SMILES string of the molecule is NCC1=Cc2ccccc2S1(=O)=O. The predicted octanol–water partition coefficient (Wildman–Crippen LogP) is 0.774. The van der Waals surface area contributed by atoms with E-state index in [1.54, 1.807) is 24.3 Å². The number of hydrogen-bond donors (Lipinski definition) is 1. The third-order valence-electron chi connectivity index (χ3n) is 2.07. The molecule has 1 aromatic carbocycles. The van der Waals surface area contributed by atoms with Gasteiger partial charge < -0.3 is 5.73 Å². The van der Waals surface area contributed by atoms with E-state index >= 15 is 0 Å². The van der Waals surface area contributed by atoms with Gasteiger partial charge in [-0.2, -0.15) is 0 Å². The minimum atomic E-state index is -3.26. The van der Waals surface area contributed by atoms with Crippen molar-refractivity contribution < 1.29 is 8.42 Å². The lowest BCUT2D eigenvalue weighted by Crippen LogP contribution is -2.10. The molecule has 1 aliphatic rings. The van der Waals surface area contributed by atoms with Crippen LogP contribution in [0.1, 0.15) is 5.56 Å². The Bertz CT molecular complexity index is 474. The molecule has 3 nitrogen and oxygen atoms in total. The van der Waals surface area contributed by atoms with Crippen LogP contribution >= 0.6 is 0 Å². The molecular formula is C9H9NO2S. The van der Waals surface area contributed by atoms with E-state index in [0.717, 1.165) is 5.56 Å². The Labute approximate surface area is 76.8 Å². The van der Waals surface area contributed by atoms with Crippen molar-refractivity contribution in [3.05, 3.63) is 34.7 Å². The lowest BCUT2D eigenvalue weighted by Gasteiger charge is -1.99. The second-order valence-corrected chi connectivity index (χ2v) is 4.83. The molecule has 4 heteroatoms. The molecule has 0 unspecified atom stereocenters. The first-order valence-corrected chi connectivity index (χ1v) is 5.39. The summed E-state index contributed by atoms with van der Waals surface area (Å²) in [5.41, 5.74) is 6.08. The third kappa shape index (κ3) is 1.10. The maximum atomic E-state index is 11.7. The number of nitrogens with two attached hydrogens (primary N) is 1. The van der Waals surface area contributed by atoms with Gasteiger partial charge in [0.05, 0.1) is 9.80 Å². The molecule has 0 bridgehead atoms. The second kappa shape index (κ2) is 2.68. The first kappa shape index (κ1) is 8.47. The van der Waals surface area contributed by atoms with E-state index in [1.807, 2.05) is 6.07 Å². The number of fused-ring (bicyclic) bond motifs is 1. The molecule has 1 heterocycles. The van der Waals surface area contributed by atoms with Crippen LogP contribution in [0, 0.1) is 0 Å². The zero-order valence-corrected chi connectivity index (χ0v) is 7.71. The van der Waals surface area contributed by atoms with Crippen molar-refractivity contribution in [1.29, 1.82) is 0 Å². The zero-order chi connectivity index (χ0) is 9.47. The number of rotatable bonds is 1. The minimum Gasteiger partial charge on any atom is -0.326 e. The quantitative estimate of drug-likeness (QED) is 0.720. The number of hydrogen-bond acceptors (Lipinski definition) is 3. The van der Waals surface area contributed by atoms with Crippen LogP contribution in [0.3, 0.4) is 0 Å². The van der Waals surface area contributed by atoms with Crippen molar-refractivity contribution in [2.75, 3.05) is 6.54 Å². The van der Waals surface area contributed by atoms with E-state index in [2.05, 4.69) is 0 Å². The van der Waals surface area contributed by atoms with Crippen molar-refractivity contribution in [2.24, 2.45) is 5.73 Å². The van der Waals surface area contributed by atoms with Gasteiger partial charge >= 0.3 is 0 Å². The normalized spacial score (nSPS) is 18.1. The maximum absolute atomic E-state index is 11.7. The Balaban J connectivity index is 2.72. The molecule has 0 saturated carbocycles. The average molecular weight is 195 g/mol. The van der Waals surface area contributed by atoms with Gasteiger partial charge in [0.15, 0.2) is 0 Å². The van der Waals surface area contributed by atoms with E-state index in [9.17, 15) is 8.42 Å². The third-order valence-corrected chi connectivity index (χ3v) is 4.00. The summed E-state index contributed by atoms with van der Waals surface area (Å²) in [4.78, 5) is 0.671. The van der Waals surface area contributed by atoms with Crippen molar-refractivity contribution >= 4 is 15.9 Å².